The Morgan fingerprint density at radius 1 is 1.17 bits per heavy atom. The monoisotopic (exact) mass is 253 g/mol. The number of methoxy groups -OCH3 is 3. The molecule has 0 aromatic heterocycles. The zero-order valence-corrected chi connectivity index (χ0v) is 10.5. The first-order valence-corrected chi connectivity index (χ1v) is 5.44. The molecule has 0 saturated carbocycles. The van der Waals surface area contributed by atoms with Crippen LogP contribution in [0.4, 0.5) is 4.79 Å². The zero-order valence-electron chi connectivity index (χ0n) is 10.5. The third-order valence-electron chi connectivity index (χ3n) is 2.76. The van der Waals surface area contributed by atoms with Gasteiger partial charge in [-0.25, -0.2) is 4.79 Å². The van der Waals surface area contributed by atoms with Gasteiger partial charge in [-0.2, -0.15) is 0 Å². The maximum Gasteiger partial charge on any atom is 0.407 e. The van der Waals surface area contributed by atoms with Crippen molar-refractivity contribution in [2.24, 2.45) is 0 Å². The van der Waals surface area contributed by atoms with E-state index < -0.39 is 6.09 Å². The van der Waals surface area contributed by atoms with Crippen LogP contribution in [-0.2, 0) is 4.74 Å². The molecule has 1 saturated heterocycles. The van der Waals surface area contributed by atoms with Crippen molar-refractivity contribution in [3.8, 4) is 17.2 Å². The second-order valence-corrected chi connectivity index (χ2v) is 3.70. The molecule has 1 amide bonds. The molecule has 1 aliphatic heterocycles. The molecule has 1 aromatic carbocycles. The second-order valence-electron chi connectivity index (χ2n) is 3.70. The molecule has 1 atom stereocenters. The molecule has 18 heavy (non-hydrogen) atoms. The highest BCUT2D eigenvalue weighted by atomic mass is 16.6. The van der Waals surface area contributed by atoms with Crippen molar-refractivity contribution in [3.63, 3.8) is 0 Å². The maximum absolute atomic E-state index is 11.1. The number of amides is 1. The van der Waals surface area contributed by atoms with E-state index in [1.165, 1.54) is 14.2 Å². The summed E-state index contributed by atoms with van der Waals surface area (Å²) in [6, 6.07) is 3.55. The maximum atomic E-state index is 11.1. The van der Waals surface area contributed by atoms with Gasteiger partial charge in [-0.1, -0.05) is 0 Å². The lowest BCUT2D eigenvalue weighted by Gasteiger charge is -2.17. The molecule has 1 aliphatic rings. The molecule has 6 heteroatoms. The lowest BCUT2D eigenvalue weighted by Crippen LogP contribution is -2.12. The van der Waals surface area contributed by atoms with Gasteiger partial charge in [-0.3, -0.25) is 0 Å². The van der Waals surface area contributed by atoms with E-state index >= 15 is 0 Å². The first-order valence-electron chi connectivity index (χ1n) is 5.44. The van der Waals surface area contributed by atoms with Gasteiger partial charge in [0.05, 0.1) is 27.9 Å². The molecule has 0 bridgehead atoms. The standard InChI is InChI=1S/C12H15NO5/c1-15-8-5-4-7(9-6-13-12(14)18-9)10(16-2)11(8)17-3/h4-5,9H,6H2,1-3H3,(H,13,14). The van der Waals surface area contributed by atoms with Crippen molar-refractivity contribution in [3.05, 3.63) is 17.7 Å². The molecule has 1 N–H and O–H groups in total. The lowest BCUT2D eigenvalue weighted by atomic mass is 10.1. The minimum absolute atomic E-state index is 0.382. The molecule has 1 aromatic rings. The third kappa shape index (κ3) is 2.01. The number of nitrogens with one attached hydrogen (secondary N) is 1. The van der Waals surface area contributed by atoms with Crippen LogP contribution in [0, 0.1) is 0 Å². The van der Waals surface area contributed by atoms with Crippen molar-refractivity contribution in [1.29, 1.82) is 0 Å². The lowest BCUT2D eigenvalue weighted by molar-refractivity contribution is 0.139. The molecule has 0 aliphatic carbocycles. The van der Waals surface area contributed by atoms with E-state index in [9.17, 15) is 4.79 Å². The Labute approximate surface area is 105 Å². The average molecular weight is 253 g/mol. The average Bonchev–Trinajstić information content (AvgIpc) is 2.83. The molecule has 1 fully saturated rings. The number of hydrogen-bond donors (Lipinski definition) is 1. The quantitative estimate of drug-likeness (QED) is 0.880. The number of carbonyl (C=O) groups excluding carboxylic acids is 1. The van der Waals surface area contributed by atoms with Gasteiger partial charge in [-0.05, 0) is 12.1 Å². The Kier molecular flexibility index (Phi) is 3.45. The molecule has 98 valence electrons. The molecular weight excluding hydrogens is 238 g/mol. The topological polar surface area (TPSA) is 66.0 Å². The van der Waals surface area contributed by atoms with Crippen LogP contribution in [-0.4, -0.2) is 34.0 Å². The van der Waals surface area contributed by atoms with Crippen LogP contribution in [0.5, 0.6) is 17.2 Å². The molecule has 0 radical (unpaired) electrons. The highest BCUT2D eigenvalue weighted by molar-refractivity contribution is 5.70. The SMILES string of the molecule is COc1ccc(C2CNC(=O)O2)c(OC)c1OC. The summed E-state index contributed by atoms with van der Waals surface area (Å²) in [4.78, 5) is 11.1. The van der Waals surface area contributed by atoms with Gasteiger partial charge in [0.2, 0.25) is 5.75 Å². The minimum Gasteiger partial charge on any atom is -0.493 e. The van der Waals surface area contributed by atoms with Crippen molar-refractivity contribution in [2.45, 2.75) is 6.10 Å². The van der Waals surface area contributed by atoms with Crippen molar-refractivity contribution in [2.75, 3.05) is 27.9 Å². The van der Waals surface area contributed by atoms with Crippen LogP contribution in [0.3, 0.4) is 0 Å². The smallest absolute Gasteiger partial charge is 0.407 e. The number of hydrogen-bond acceptors (Lipinski definition) is 5. The van der Waals surface area contributed by atoms with E-state index in [1.807, 2.05) is 0 Å². The van der Waals surface area contributed by atoms with Gasteiger partial charge in [0.1, 0.15) is 6.10 Å². The van der Waals surface area contributed by atoms with Crippen LogP contribution in [0.1, 0.15) is 11.7 Å². The minimum atomic E-state index is -0.433. The van der Waals surface area contributed by atoms with Gasteiger partial charge in [0.25, 0.3) is 0 Å². The normalized spacial score (nSPS) is 17.9. The molecular formula is C12H15NO5. The fourth-order valence-corrected chi connectivity index (χ4v) is 1.94. The summed E-state index contributed by atoms with van der Waals surface area (Å²) in [6.07, 6.45) is -0.816. The number of carbonyl (C=O) groups is 1. The largest absolute Gasteiger partial charge is 0.493 e. The number of alkyl carbamates (subject to hydrolysis) is 1. The summed E-state index contributed by atoms with van der Waals surface area (Å²) in [5.41, 5.74) is 0.744. The number of ether oxygens (including phenoxy) is 4. The van der Waals surface area contributed by atoms with Gasteiger partial charge in [-0.15, -0.1) is 0 Å². The summed E-state index contributed by atoms with van der Waals surface area (Å²) < 4.78 is 20.9. The first-order chi connectivity index (χ1) is 8.71. The molecule has 0 spiro atoms. The molecule has 6 nitrogen and oxygen atoms in total. The summed E-state index contributed by atoms with van der Waals surface area (Å²) in [5.74, 6) is 1.56. The highest BCUT2D eigenvalue weighted by Crippen LogP contribution is 2.43. The molecule has 1 heterocycles. The fraction of sp³-hybridized carbons (Fsp3) is 0.417. The third-order valence-corrected chi connectivity index (χ3v) is 2.76. The van der Waals surface area contributed by atoms with Crippen LogP contribution in [0.15, 0.2) is 12.1 Å². The van der Waals surface area contributed by atoms with Crippen LogP contribution >= 0.6 is 0 Å². The predicted octanol–water partition coefficient (Wildman–Crippen LogP) is 1.49. The fourth-order valence-electron chi connectivity index (χ4n) is 1.94. The highest BCUT2D eigenvalue weighted by Gasteiger charge is 2.29. The van der Waals surface area contributed by atoms with Gasteiger partial charge in [0.15, 0.2) is 11.5 Å². The van der Waals surface area contributed by atoms with Gasteiger partial charge in [0, 0.05) is 5.56 Å². The number of cyclic esters (lactones) is 1. The van der Waals surface area contributed by atoms with E-state index in [-0.39, 0.29) is 6.10 Å². The number of benzene rings is 1. The summed E-state index contributed by atoms with van der Waals surface area (Å²) in [6.45, 7) is 0.407. The zero-order chi connectivity index (χ0) is 13.1. The van der Waals surface area contributed by atoms with E-state index in [1.54, 1.807) is 19.2 Å². The predicted molar refractivity (Wildman–Crippen MR) is 63.3 cm³/mol. The van der Waals surface area contributed by atoms with Crippen molar-refractivity contribution < 1.29 is 23.7 Å². The van der Waals surface area contributed by atoms with Gasteiger partial charge < -0.3 is 24.3 Å². The molecule has 2 rings (SSSR count). The van der Waals surface area contributed by atoms with Crippen LogP contribution < -0.4 is 19.5 Å². The Morgan fingerprint density at radius 3 is 2.39 bits per heavy atom. The first kappa shape index (κ1) is 12.3. The van der Waals surface area contributed by atoms with Crippen LogP contribution in [0.2, 0.25) is 0 Å². The Morgan fingerprint density at radius 2 is 1.89 bits per heavy atom. The van der Waals surface area contributed by atoms with Crippen molar-refractivity contribution >= 4 is 6.09 Å². The van der Waals surface area contributed by atoms with Gasteiger partial charge >= 0.3 is 6.09 Å². The van der Waals surface area contributed by atoms with Crippen LogP contribution in [0.25, 0.3) is 0 Å². The second kappa shape index (κ2) is 5.03. The Balaban J connectivity index is 2.44. The number of rotatable bonds is 4. The summed E-state index contributed by atoms with van der Waals surface area (Å²) in [7, 11) is 4.61. The molecule has 1 unspecified atom stereocenters. The van der Waals surface area contributed by atoms with E-state index in [2.05, 4.69) is 5.32 Å². The van der Waals surface area contributed by atoms with E-state index in [0.29, 0.717) is 23.8 Å². The van der Waals surface area contributed by atoms with E-state index in [4.69, 9.17) is 18.9 Å². The van der Waals surface area contributed by atoms with Crippen molar-refractivity contribution in [1.82, 2.24) is 5.32 Å². The Bertz CT molecular complexity index is 460. The summed E-state index contributed by atoms with van der Waals surface area (Å²) >= 11 is 0. The van der Waals surface area contributed by atoms with E-state index in [0.717, 1.165) is 5.56 Å². The Hall–Kier alpha value is -2.11. The summed E-state index contributed by atoms with van der Waals surface area (Å²) in [5, 5.41) is 2.60.